The van der Waals surface area contributed by atoms with Crippen LogP contribution in [0.3, 0.4) is 0 Å². The zero-order chi connectivity index (χ0) is 56.0. The molecule has 2 aliphatic heterocycles. The van der Waals surface area contributed by atoms with Crippen molar-refractivity contribution in [2.24, 2.45) is 17.3 Å². The Morgan fingerprint density at radius 3 is 1.82 bits per heavy atom. The maximum atomic E-state index is 15.2. The van der Waals surface area contributed by atoms with Crippen molar-refractivity contribution in [1.29, 1.82) is 0 Å². The average molecular weight is 1100 g/mol. The van der Waals surface area contributed by atoms with Crippen molar-refractivity contribution < 1.29 is 75.8 Å². The first-order valence-electron chi connectivity index (χ1n) is 26.9. The number of amides is 4. The van der Waals surface area contributed by atoms with Crippen LogP contribution in [0.1, 0.15) is 63.9 Å². The minimum atomic E-state index is -0.737. The fraction of sp³-hybridized carbons (Fsp3) is 0.607. The van der Waals surface area contributed by atoms with E-state index in [0.717, 1.165) is 28.7 Å². The van der Waals surface area contributed by atoms with Gasteiger partial charge < -0.3 is 63.1 Å². The number of benzene rings is 2. The highest BCUT2D eigenvalue weighted by Gasteiger charge is 2.41. The number of ether oxygens (including phenoxy) is 8. The van der Waals surface area contributed by atoms with Gasteiger partial charge in [-0.05, 0) is 47.4 Å². The molecule has 1 saturated heterocycles. The van der Waals surface area contributed by atoms with E-state index in [9.17, 15) is 33.5 Å². The molecule has 3 aromatic rings. The van der Waals surface area contributed by atoms with Crippen molar-refractivity contribution in [3.05, 3.63) is 89.9 Å². The molecular weight excluding hydrogens is 1020 g/mol. The van der Waals surface area contributed by atoms with Crippen LogP contribution in [0.5, 0.6) is 0 Å². The zero-order valence-electron chi connectivity index (χ0n) is 45.5. The van der Waals surface area contributed by atoms with E-state index in [4.69, 9.17) is 42.9 Å². The number of nitrogens with zero attached hydrogens (tertiary/aromatic N) is 4. The number of nitrogens with one attached hydrogen (secondary N) is 2. The number of hydrogen-bond acceptors (Lipinski definition) is 16. The van der Waals surface area contributed by atoms with Crippen molar-refractivity contribution in [3.63, 3.8) is 0 Å². The van der Waals surface area contributed by atoms with E-state index >= 15 is 4.39 Å². The van der Waals surface area contributed by atoms with Crippen LogP contribution in [-0.2, 0) is 68.4 Å². The Bertz CT molecular complexity index is 2300. The number of Topliss-reactive ketones (excluding diaryl/α,β-unsaturated/α-hetero) is 1. The van der Waals surface area contributed by atoms with Crippen molar-refractivity contribution >= 4 is 29.4 Å². The Labute approximate surface area is 456 Å². The Morgan fingerprint density at radius 1 is 0.731 bits per heavy atom. The lowest BCUT2D eigenvalue weighted by Gasteiger charge is -2.41. The summed E-state index contributed by atoms with van der Waals surface area (Å²) < 4.78 is 75.7. The Morgan fingerprint density at radius 2 is 1.27 bits per heavy atom. The maximum absolute atomic E-state index is 15.2. The summed E-state index contributed by atoms with van der Waals surface area (Å²) in [6, 6.07) is 12.2. The highest BCUT2D eigenvalue weighted by Crippen LogP contribution is 2.40. The lowest BCUT2D eigenvalue weighted by molar-refractivity contribution is -0.141. The zero-order valence-corrected chi connectivity index (χ0v) is 45.5. The summed E-state index contributed by atoms with van der Waals surface area (Å²) in [5.74, 6) is -2.33. The van der Waals surface area contributed by atoms with Crippen molar-refractivity contribution in [2.75, 3.05) is 145 Å². The minimum Gasteiger partial charge on any atom is -0.387 e. The Hall–Kier alpha value is -5.40. The second-order valence-corrected chi connectivity index (χ2v) is 19.9. The third kappa shape index (κ3) is 22.8. The first-order chi connectivity index (χ1) is 37.7. The monoisotopic (exact) mass is 1100 g/mol. The smallest absolute Gasteiger partial charge is 0.253 e. The molecule has 20 nitrogen and oxygen atoms in total. The molecule has 5 rings (SSSR count). The Kier molecular flexibility index (Phi) is 28.7. The van der Waals surface area contributed by atoms with Gasteiger partial charge in [0.15, 0.2) is 0 Å². The van der Waals surface area contributed by atoms with Crippen LogP contribution in [0.4, 0.5) is 8.78 Å². The summed E-state index contributed by atoms with van der Waals surface area (Å²) >= 11 is 0. The van der Waals surface area contributed by atoms with Crippen LogP contribution in [0, 0.1) is 28.9 Å². The van der Waals surface area contributed by atoms with Gasteiger partial charge in [0, 0.05) is 89.1 Å². The standard InChI is InChI=1S/C56H80F2N6O14/c1-56(2,3)54(55-61-49(47-34-45(57)11-12-48(47)58)40-62(55)38-42-8-5-4-6-9-42)64(53(70)41-65)39-44-36-59-35-43(44)37-60-50(67)16-19-72-21-23-74-25-27-76-29-31-78-33-32-77-30-28-75-26-24-73-22-20-71-18-7-10-46(66)15-17-63-51(68)13-14-52(63)69/h4-6,8-9,11-14,34,40,43-44,54,59,65H,7,10,15-33,35-39,41H2,1-3H3,(H,60,67). The number of carbonyl (C=O) groups excluding carboxylic acids is 5. The molecular formula is C56H80F2N6O14. The second kappa shape index (κ2) is 35.3. The number of imide groups is 1. The predicted octanol–water partition coefficient (Wildman–Crippen LogP) is 3.92. The van der Waals surface area contributed by atoms with E-state index in [2.05, 4.69) is 10.6 Å². The molecule has 2 aliphatic rings. The van der Waals surface area contributed by atoms with Crippen LogP contribution in [0.25, 0.3) is 11.3 Å². The quantitative estimate of drug-likeness (QED) is 0.0541. The third-order valence-electron chi connectivity index (χ3n) is 12.8. The summed E-state index contributed by atoms with van der Waals surface area (Å²) in [6.45, 7) is 13.7. The number of aromatic nitrogens is 2. The van der Waals surface area contributed by atoms with Crippen molar-refractivity contribution in [2.45, 2.75) is 59.0 Å². The molecule has 3 unspecified atom stereocenters. The van der Waals surface area contributed by atoms with Gasteiger partial charge in [-0.3, -0.25) is 28.9 Å². The van der Waals surface area contributed by atoms with Gasteiger partial charge in [-0.25, -0.2) is 13.8 Å². The van der Waals surface area contributed by atoms with Crippen LogP contribution in [-0.4, -0.2) is 199 Å². The van der Waals surface area contributed by atoms with E-state index < -0.39 is 35.6 Å². The van der Waals surface area contributed by atoms with Gasteiger partial charge in [0.05, 0.1) is 111 Å². The first kappa shape index (κ1) is 63.4. The summed E-state index contributed by atoms with van der Waals surface area (Å²) in [5, 5.41) is 16.7. The molecule has 2 aromatic carbocycles. The molecule has 0 aliphatic carbocycles. The number of carbonyl (C=O) groups is 5. The predicted molar refractivity (Wildman–Crippen MR) is 283 cm³/mol. The number of halogens is 2. The van der Waals surface area contributed by atoms with E-state index in [0.29, 0.717) is 144 Å². The molecule has 3 heterocycles. The van der Waals surface area contributed by atoms with Gasteiger partial charge in [-0.2, -0.15) is 0 Å². The highest BCUT2D eigenvalue weighted by atomic mass is 19.1. The first-order valence-corrected chi connectivity index (χ1v) is 26.9. The fourth-order valence-electron chi connectivity index (χ4n) is 8.83. The van der Waals surface area contributed by atoms with Gasteiger partial charge in [0.2, 0.25) is 11.8 Å². The van der Waals surface area contributed by atoms with Gasteiger partial charge >= 0.3 is 0 Å². The summed E-state index contributed by atoms with van der Waals surface area (Å²) in [7, 11) is 0. The molecule has 4 amide bonds. The molecule has 1 aromatic heterocycles. The number of imidazole rings is 1. The molecule has 78 heavy (non-hydrogen) atoms. The lowest BCUT2D eigenvalue weighted by atomic mass is 9.83. The molecule has 1 fully saturated rings. The number of aliphatic hydroxyl groups excluding tert-OH is 1. The van der Waals surface area contributed by atoms with E-state index in [1.54, 1.807) is 11.1 Å². The van der Waals surface area contributed by atoms with E-state index in [-0.39, 0.29) is 79.1 Å². The minimum absolute atomic E-state index is 0.000277. The summed E-state index contributed by atoms with van der Waals surface area (Å²) in [6.07, 6.45) is 5.28. The second-order valence-electron chi connectivity index (χ2n) is 19.9. The molecule has 3 N–H and O–H groups in total. The molecule has 0 spiro atoms. The SMILES string of the molecule is CC(C)(C)C(c1nc(-c2cc(F)ccc2F)cn1Cc1ccccc1)N(CC1CNCC1CNC(=O)CCOCCOCCOCCOCCOCCOCCOCCOCCCC(=O)CCN1C(=O)C=CC1=O)C(=O)CO. The normalized spacial score (nSPS) is 15.9. The topological polar surface area (TPSA) is 228 Å². The Balaban J connectivity index is 0.852. The number of hydrogen-bond donors (Lipinski definition) is 3. The molecule has 22 heteroatoms. The van der Waals surface area contributed by atoms with Gasteiger partial charge in [0.1, 0.15) is 29.8 Å². The molecule has 0 radical (unpaired) electrons. The van der Waals surface area contributed by atoms with E-state index in [1.807, 2.05) is 55.7 Å². The average Bonchev–Trinajstić information content (AvgIpc) is 4.24. The van der Waals surface area contributed by atoms with Crippen LogP contribution < -0.4 is 10.6 Å². The highest BCUT2D eigenvalue weighted by molar-refractivity contribution is 6.13. The van der Waals surface area contributed by atoms with Crippen LogP contribution in [0.15, 0.2) is 66.9 Å². The van der Waals surface area contributed by atoms with Crippen molar-refractivity contribution in [3.8, 4) is 11.3 Å². The number of aliphatic hydroxyl groups is 1. The maximum Gasteiger partial charge on any atom is 0.253 e. The summed E-state index contributed by atoms with van der Waals surface area (Å²) in [4.78, 5) is 69.3. The van der Waals surface area contributed by atoms with Crippen LogP contribution >= 0.6 is 0 Å². The lowest BCUT2D eigenvalue weighted by Crippen LogP contribution is -2.47. The number of ketones is 1. The fourth-order valence-corrected chi connectivity index (χ4v) is 8.83. The largest absolute Gasteiger partial charge is 0.387 e. The molecule has 0 saturated carbocycles. The van der Waals surface area contributed by atoms with Crippen molar-refractivity contribution in [1.82, 2.24) is 30.0 Å². The molecule has 0 bridgehead atoms. The summed E-state index contributed by atoms with van der Waals surface area (Å²) in [5.41, 5.74) is 0.543. The molecule has 432 valence electrons. The van der Waals surface area contributed by atoms with Gasteiger partial charge in [-0.15, -0.1) is 0 Å². The van der Waals surface area contributed by atoms with Crippen LogP contribution in [0.2, 0.25) is 0 Å². The van der Waals surface area contributed by atoms with E-state index in [1.165, 1.54) is 12.2 Å². The van der Waals surface area contributed by atoms with Gasteiger partial charge in [-0.1, -0.05) is 51.1 Å². The molecule has 3 atom stereocenters. The number of rotatable bonds is 41. The third-order valence-corrected chi connectivity index (χ3v) is 12.8. The van der Waals surface area contributed by atoms with Gasteiger partial charge in [0.25, 0.3) is 11.8 Å².